The third kappa shape index (κ3) is 6.30. The highest BCUT2D eigenvalue weighted by atomic mass is 16.6. The van der Waals surface area contributed by atoms with E-state index in [9.17, 15) is 9.59 Å². The minimum absolute atomic E-state index is 0.243. The van der Waals surface area contributed by atoms with E-state index in [1.807, 2.05) is 39.0 Å². The fourth-order valence-corrected chi connectivity index (χ4v) is 3.46. The van der Waals surface area contributed by atoms with Gasteiger partial charge in [-0.15, -0.1) is 0 Å². The van der Waals surface area contributed by atoms with Gasteiger partial charge in [-0.05, 0) is 51.5 Å². The van der Waals surface area contributed by atoms with Crippen molar-refractivity contribution in [2.45, 2.75) is 32.8 Å². The summed E-state index contributed by atoms with van der Waals surface area (Å²) in [6, 6.07) is 7.17. The summed E-state index contributed by atoms with van der Waals surface area (Å²) in [5, 5.41) is 0.713. The summed E-state index contributed by atoms with van der Waals surface area (Å²) in [6.45, 7) is 10.1. The minimum Gasteiger partial charge on any atom is -0.494 e. The van der Waals surface area contributed by atoms with Gasteiger partial charge in [0.1, 0.15) is 11.4 Å². The lowest BCUT2D eigenvalue weighted by atomic mass is 10.1. The van der Waals surface area contributed by atoms with Gasteiger partial charge < -0.3 is 19.1 Å². The van der Waals surface area contributed by atoms with E-state index >= 15 is 0 Å². The van der Waals surface area contributed by atoms with E-state index in [0.717, 1.165) is 31.6 Å². The predicted molar refractivity (Wildman–Crippen MR) is 117 cm³/mol. The zero-order valence-corrected chi connectivity index (χ0v) is 18.7. The second kappa shape index (κ2) is 9.96. The molecule has 168 valence electrons. The van der Waals surface area contributed by atoms with Crippen molar-refractivity contribution in [2.75, 3.05) is 46.4 Å². The van der Waals surface area contributed by atoms with Crippen molar-refractivity contribution >= 4 is 23.0 Å². The Labute approximate surface area is 183 Å². The van der Waals surface area contributed by atoms with E-state index in [4.69, 9.17) is 14.2 Å². The van der Waals surface area contributed by atoms with Crippen molar-refractivity contribution in [3.05, 3.63) is 36.0 Å². The van der Waals surface area contributed by atoms with E-state index in [1.54, 1.807) is 17.2 Å². The van der Waals surface area contributed by atoms with Gasteiger partial charge in [0.2, 0.25) is 0 Å². The zero-order valence-electron chi connectivity index (χ0n) is 18.7. The van der Waals surface area contributed by atoms with Gasteiger partial charge in [0.15, 0.2) is 0 Å². The van der Waals surface area contributed by atoms with Gasteiger partial charge in [0, 0.05) is 44.3 Å². The van der Waals surface area contributed by atoms with Crippen LogP contribution in [-0.2, 0) is 9.47 Å². The lowest BCUT2D eigenvalue weighted by molar-refractivity contribution is 0.0142. The quantitative estimate of drug-likeness (QED) is 0.514. The Morgan fingerprint density at radius 1 is 1.10 bits per heavy atom. The molecule has 31 heavy (non-hydrogen) atoms. The molecule has 1 saturated heterocycles. The maximum Gasteiger partial charge on any atom is 0.410 e. The maximum atomic E-state index is 12.1. The fourth-order valence-electron chi connectivity index (χ4n) is 3.46. The Bertz CT molecular complexity index is 917. The number of methoxy groups -OCH3 is 1. The van der Waals surface area contributed by atoms with Gasteiger partial charge >= 0.3 is 12.1 Å². The van der Waals surface area contributed by atoms with Crippen LogP contribution >= 0.6 is 0 Å². The third-order valence-corrected chi connectivity index (χ3v) is 5.03. The number of hydrogen-bond donors (Lipinski definition) is 0. The molecule has 0 unspecified atom stereocenters. The van der Waals surface area contributed by atoms with Crippen molar-refractivity contribution in [3.63, 3.8) is 0 Å². The molecule has 8 heteroatoms. The molecule has 2 heterocycles. The van der Waals surface area contributed by atoms with Crippen LogP contribution in [0.15, 0.2) is 30.5 Å². The Balaban J connectivity index is 1.45. The number of nitrogens with zero attached hydrogens (tertiary/aromatic N) is 3. The lowest BCUT2D eigenvalue weighted by Gasteiger charge is -2.35. The van der Waals surface area contributed by atoms with Crippen LogP contribution in [0.5, 0.6) is 5.75 Å². The SMILES string of the molecule is COC(=O)c1ccnc2ccc(OCCCN3CCN(C(=O)OC(C)(C)C)CC3)cc12. The molecule has 1 aromatic heterocycles. The summed E-state index contributed by atoms with van der Waals surface area (Å²) in [4.78, 5) is 32.5. The van der Waals surface area contributed by atoms with Crippen molar-refractivity contribution in [1.82, 2.24) is 14.8 Å². The number of benzene rings is 1. The van der Waals surface area contributed by atoms with Gasteiger partial charge in [-0.3, -0.25) is 9.88 Å². The number of rotatable bonds is 6. The molecule has 1 amide bonds. The van der Waals surface area contributed by atoms with Crippen molar-refractivity contribution in [3.8, 4) is 5.75 Å². The first-order valence-electron chi connectivity index (χ1n) is 10.6. The Morgan fingerprint density at radius 3 is 2.52 bits per heavy atom. The summed E-state index contributed by atoms with van der Waals surface area (Å²) >= 11 is 0. The number of amides is 1. The smallest absolute Gasteiger partial charge is 0.410 e. The molecule has 0 aliphatic carbocycles. The van der Waals surface area contributed by atoms with Gasteiger partial charge in [-0.2, -0.15) is 0 Å². The molecule has 0 radical (unpaired) electrons. The molecule has 8 nitrogen and oxygen atoms in total. The normalized spacial score (nSPS) is 15.0. The number of esters is 1. The highest BCUT2D eigenvalue weighted by molar-refractivity contribution is 6.03. The summed E-state index contributed by atoms with van der Waals surface area (Å²) in [5.74, 6) is 0.301. The molecule has 0 atom stereocenters. The van der Waals surface area contributed by atoms with Crippen LogP contribution in [0, 0.1) is 0 Å². The largest absolute Gasteiger partial charge is 0.494 e. The van der Waals surface area contributed by atoms with Crippen LogP contribution < -0.4 is 4.74 Å². The molecular formula is C23H31N3O5. The van der Waals surface area contributed by atoms with Gasteiger partial charge in [-0.25, -0.2) is 9.59 Å². The third-order valence-electron chi connectivity index (χ3n) is 5.03. The van der Waals surface area contributed by atoms with Crippen LogP contribution in [0.25, 0.3) is 10.9 Å². The average Bonchev–Trinajstić information content (AvgIpc) is 2.75. The van der Waals surface area contributed by atoms with Crippen LogP contribution in [0.1, 0.15) is 37.6 Å². The number of carbonyl (C=O) groups excluding carboxylic acids is 2. The average molecular weight is 430 g/mol. The van der Waals surface area contributed by atoms with E-state index in [2.05, 4.69) is 9.88 Å². The Morgan fingerprint density at radius 2 is 1.84 bits per heavy atom. The van der Waals surface area contributed by atoms with Crippen LogP contribution in [0.4, 0.5) is 4.79 Å². The zero-order chi connectivity index (χ0) is 22.4. The second-order valence-electron chi connectivity index (χ2n) is 8.54. The van der Waals surface area contributed by atoms with Crippen molar-refractivity contribution in [2.24, 2.45) is 0 Å². The first-order chi connectivity index (χ1) is 14.8. The molecule has 1 aliphatic rings. The van der Waals surface area contributed by atoms with Gasteiger partial charge in [0.05, 0.1) is 24.8 Å². The summed E-state index contributed by atoms with van der Waals surface area (Å²) < 4.78 is 16.2. The molecule has 1 aliphatic heterocycles. The van der Waals surface area contributed by atoms with E-state index in [-0.39, 0.29) is 6.09 Å². The monoisotopic (exact) mass is 429 g/mol. The minimum atomic E-state index is -0.470. The number of pyridine rings is 1. The summed E-state index contributed by atoms with van der Waals surface area (Å²) in [6.07, 6.45) is 2.21. The first kappa shape index (κ1) is 22.8. The highest BCUT2D eigenvalue weighted by Crippen LogP contribution is 2.23. The summed E-state index contributed by atoms with van der Waals surface area (Å²) in [7, 11) is 1.36. The first-order valence-corrected chi connectivity index (χ1v) is 10.6. The molecule has 3 rings (SSSR count). The van der Waals surface area contributed by atoms with Crippen molar-refractivity contribution < 1.29 is 23.8 Å². The van der Waals surface area contributed by atoms with Gasteiger partial charge in [-0.1, -0.05) is 0 Å². The van der Waals surface area contributed by atoms with E-state index in [0.29, 0.717) is 36.4 Å². The highest BCUT2D eigenvalue weighted by Gasteiger charge is 2.25. The predicted octanol–water partition coefficient (Wildman–Crippen LogP) is 3.34. The molecular weight excluding hydrogens is 398 g/mol. The molecule has 0 N–H and O–H groups in total. The molecule has 0 spiro atoms. The standard InChI is InChI=1S/C23H31N3O5/c1-23(2,3)31-22(28)26-13-11-25(12-14-26)10-5-15-30-17-6-7-20-19(16-17)18(8-9-24-20)21(27)29-4/h6-9,16H,5,10-15H2,1-4H3. The number of aromatic nitrogens is 1. The second-order valence-corrected chi connectivity index (χ2v) is 8.54. The van der Waals surface area contributed by atoms with Crippen LogP contribution in [0.2, 0.25) is 0 Å². The Hall–Kier alpha value is -2.87. The van der Waals surface area contributed by atoms with Crippen LogP contribution in [-0.4, -0.2) is 78.9 Å². The molecule has 0 bridgehead atoms. The van der Waals surface area contributed by atoms with Gasteiger partial charge in [0.25, 0.3) is 0 Å². The number of carbonyl (C=O) groups is 2. The maximum absolute atomic E-state index is 12.1. The topological polar surface area (TPSA) is 81.2 Å². The van der Waals surface area contributed by atoms with E-state index < -0.39 is 11.6 Å². The molecule has 1 aromatic carbocycles. The number of ether oxygens (including phenoxy) is 3. The Kier molecular flexibility index (Phi) is 7.33. The summed E-state index contributed by atoms with van der Waals surface area (Å²) in [5.41, 5.74) is 0.723. The number of hydrogen-bond acceptors (Lipinski definition) is 7. The molecule has 0 saturated carbocycles. The van der Waals surface area contributed by atoms with E-state index in [1.165, 1.54) is 7.11 Å². The van der Waals surface area contributed by atoms with Crippen LogP contribution in [0.3, 0.4) is 0 Å². The number of fused-ring (bicyclic) bond motifs is 1. The molecule has 2 aromatic rings. The van der Waals surface area contributed by atoms with Crippen molar-refractivity contribution in [1.29, 1.82) is 0 Å². The lowest BCUT2D eigenvalue weighted by Crippen LogP contribution is -2.50. The fraction of sp³-hybridized carbons (Fsp3) is 0.522. The molecule has 1 fully saturated rings. The number of piperazine rings is 1.